The van der Waals surface area contributed by atoms with Crippen LogP contribution in [0.5, 0.6) is 5.88 Å². The summed E-state index contributed by atoms with van der Waals surface area (Å²) in [5, 5.41) is 14.4. The maximum Gasteiger partial charge on any atom is 0.243 e. The molecule has 0 unspecified atom stereocenters. The predicted molar refractivity (Wildman–Crippen MR) is 79.1 cm³/mol. The van der Waals surface area contributed by atoms with E-state index in [0.717, 1.165) is 5.69 Å². The highest BCUT2D eigenvalue weighted by Gasteiger charge is 2.03. The quantitative estimate of drug-likeness (QED) is 0.876. The molecule has 0 atom stereocenters. The molecule has 1 aromatic carbocycles. The normalized spacial score (nSPS) is 9.52. The molecule has 1 amide bonds. The minimum Gasteiger partial charge on any atom is -0.481 e. The highest BCUT2D eigenvalue weighted by molar-refractivity contribution is 5.93. The van der Waals surface area contributed by atoms with Crippen LogP contribution in [0.25, 0.3) is 0 Å². The maximum absolute atomic E-state index is 11.8. The van der Waals surface area contributed by atoms with E-state index in [1.807, 2.05) is 6.07 Å². The van der Waals surface area contributed by atoms with Crippen molar-refractivity contribution in [1.29, 1.82) is 5.26 Å². The predicted octanol–water partition coefficient (Wildman–Crippen LogP) is 2.01. The Labute approximate surface area is 122 Å². The van der Waals surface area contributed by atoms with Crippen molar-refractivity contribution < 1.29 is 9.53 Å². The Morgan fingerprint density at radius 3 is 2.52 bits per heavy atom. The van der Waals surface area contributed by atoms with Gasteiger partial charge in [0.25, 0.3) is 0 Å². The number of nitrogens with zero attached hydrogens (tertiary/aromatic N) is 2. The van der Waals surface area contributed by atoms with Gasteiger partial charge in [-0.15, -0.1) is 0 Å². The zero-order valence-electron chi connectivity index (χ0n) is 11.5. The second-order valence-corrected chi connectivity index (χ2v) is 4.18. The lowest BCUT2D eigenvalue weighted by molar-refractivity contribution is -0.114. The molecule has 1 aromatic heterocycles. The van der Waals surface area contributed by atoms with Gasteiger partial charge in [-0.3, -0.25) is 4.79 Å². The summed E-state index contributed by atoms with van der Waals surface area (Å²) in [5.41, 5.74) is 1.95. The summed E-state index contributed by atoms with van der Waals surface area (Å²) in [4.78, 5) is 15.8. The molecule has 0 saturated heterocycles. The van der Waals surface area contributed by atoms with Gasteiger partial charge in [0.1, 0.15) is 0 Å². The number of aromatic nitrogens is 1. The summed E-state index contributed by atoms with van der Waals surface area (Å²) >= 11 is 0. The van der Waals surface area contributed by atoms with Crippen molar-refractivity contribution in [3.63, 3.8) is 0 Å². The molecule has 21 heavy (non-hydrogen) atoms. The SMILES string of the molecule is COc1ccc(NC(=O)CNc2ccc(C#N)cc2)cn1. The van der Waals surface area contributed by atoms with Crippen molar-refractivity contribution in [2.45, 2.75) is 0 Å². The van der Waals surface area contributed by atoms with Crippen LogP contribution in [-0.2, 0) is 4.79 Å². The zero-order chi connectivity index (χ0) is 15.1. The highest BCUT2D eigenvalue weighted by atomic mass is 16.5. The number of nitrogens with one attached hydrogen (secondary N) is 2. The maximum atomic E-state index is 11.8. The molecule has 1 heterocycles. The van der Waals surface area contributed by atoms with Crippen LogP contribution in [0, 0.1) is 11.3 Å². The van der Waals surface area contributed by atoms with E-state index in [4.69, 9.17) is 10.00 Å². The van der Waals surface area contributed by atoms with E-state index in [9.17, 15) is 4.79 Å². The summed E-state index contributed by atoms with van der Waals surface area (Å²) in [6, 6.07) is 12.3. The van der Waals surface area contributed by atoms with E-state index in [1.54, 1.807) is 36.4 Å². The first kappa shape index (κ1) is 14.3. The molecule has 6 heteroatoms. The van der Waals surface area contributed by atoms with Crippen molar-refractivity contribution in [3.8, 4) is 11.9 Å². The first-order valence-electron chi connectivity index (χ1n) is 6.25. The van der Waals surface area contributed by atoms with Gasteiger partial charge in [-0.05, 0) is 30.3 Å². The summed E-state index contributed by atoms with van der Waals surface area (Å²) in [6.07, 6.45) is 1.53. The van der Waals surface area contributed by atoms with Crippen LogP contribution in [0.1, 0.15) is 5.56 Å². The number of hydrogen-bond donors (Lipinski definition) is 2. The van der Waals surface area contributed by atoms with Crippen LogP contribution in [0.15, 0.2) is 42.6 Å². The molecule has 0 radical (unpaired) electrons. The zero-order valence-corrected chi connectivity index (χ0v) is 11.5. The number of rotatable bonds is 5. The summed E-state index contributed by atoms with van der Waals surface area (Å²) in [7, 11) is 1.53. The number of benzene rings is 1. The molecule has 0 fully saturated rings. The molecule has 0 saturated carbocycles. The van der Waals surface area contributed by atoms with Crippen molar-refractivity contribution in [1.82, 2.24) is 4.98 Å². The number of amides is 1. The first-order chi connectivity index (χ1) is 10.2. The molecule has 0 spiro atoms. The van der Waals surface area contributed by atoms with Crippen LogP contribution in [-0.4, -0.2) is 24.5 Å². The van der Waals surface area contributed by atoms with E-state index in [-0.39, 0.29) is 12.5 Å². The number of carbonyl (C=O) groups excluding carboxylic acids is 1. The number of carbonyl (C=O) groups is 1. The molecule has 0 aliphatic carbocycles. The van der Waals surface area contributed by atoms with Crippen molar-refractivity contribution in [2.24, 2.45) is 0 Å². The molecule has 0 aliphatic rings. The van der Waals surface area contributed by atoms with E-state index in [0.29, 0.717) is 17.1 Å². The largest absolute Gasteiger partial charge is 0.481 e. The Morgan fingerprint density at radius 2 is 1.95 bits per heavy atom. The average molecular weight is 282 g/mol. The fourth-order valence-electron chi connectivity index (χ4n) is 1.63. The van der Waals surface area contributed by atoms with Gasteiger partial charge < -0.3 is 15.4 Å². The fourth-order valence-corrected chi connectivity index (χ4v) is 1.63. The third-order valence-corrected chi connectivity index (χ3v) is 2.70. The van der Waals surface area contributed by atoms with Crippen LogP contribution in [0.4, 0.5) is 11.4 Å². The van der Waals surface area contributed by atoms with Crippen LogP contribution in [0.3, 0.4) is 0 Å². The van der Waals surface area contributed by atoms with Crippen LogP contribution >= 0.6 is 0 Å². The van der Waals surface area contributed by atoms with Gasteiger partial charge in [0.15, 0.2) is 0 Å². The third-order valence-electron chi connectivity index (χ3n) is 2.70. The van der Waals surface area contributed by atoms with Gasteiger partial charge in [-0.2, -0.15) is 5.26 Å². The number of hydrogen-bond acceptors (Lipinski definition) is 5. The minimum atomic E-state index is -0.189. The Kier molecular flexibility index (Phi) is 4.72. The van der Waals surface area contributed by atoms with Crippen molar-refractivity contribution in [2.75, 3.05) is 24.3 Å². The van der Waals surface area contributed by atoms with E-state index < -0.39 is 0 Å². The molecule has 2 N–H and O–H groups in total. The molecular formula is C15H14N4O2. The van der Waals surface area contributed by atoms with Gasteiger partial charge in [-0.25, -0.2) is 4.98 Å². The van der Waals surface area contributed by atoms with E-state index >= 15 is 0 Å². The first-order valence-corrected chi connectivity index (χ1v) is 6.25. The summed E-state index contributed by atoms with van der Waals surface area (Å²) < 4.78 is 4.94. The van der Waals surface area contributed by atoms with Gasteiger partial charge in [0.05, 0.1) is 37.2 Å². The Bertz CT molecular complexity index is 645. The number of ether oxygens (including phenoxy) is 1. The minimum absolute atomic E-state index is 0.123. The summed E-state index contributed by atoms with van der Waals surface area (Å²) in [6.45, 7) is 0.123. The molecule has 106 valence electrons. The van der Waals surface area contributed by atoms with E-state index in [2.05, 4.69) is 15.6 Å². The molecule has 0 aliphatic heterocycles. The van der Waals surface area contributed by atoms with E-state index in [1.165, 1.54) is 13.3 Å². The lowest BCUT2D eigenvalue weighted by Crippen LogP contribution is -2.21. The molecule has 2 rings (SSSR count). The Morgan fingerprint density at radius 1 is 1.24 bits per heavy atom. The second-order valence-electron chi connectivity index (χ2n) is 4.18. The van der Waals surface area contributed by atoms with Crippen LogP contribution in [0.2, 0.25) is 0 Å². The molecular weight excluding hydrogens is 268 g/mol. The van der Waals surface area contributed by atoms with Gasteiger partial charge >= 0.3 is 0 Å². The van der Waals surface area contributed by atoms with Gasteiger partial charge in [0.2, 0.25) is 11.8 Å². The van der Waals surface area contributed by atoms with Crippen LogP contribution < -0.4 is 15.4 Å². The number of anilines is 2. The lowest BCUT2D eigenvalue weighted by atomic mass is 10.2. The molecule has 2 aromatic rings. The second kappa shape index (κ2) is 6.91. The topological polar surface area (TPSA) is 87.0 Å². The number of pyridine rings is 1. The third kappa shape index (κ3) is 4.21. The fraction of sp³-hybridized carbons (Fsp3) is 0.133. The standard InChI is InChI=1S/C15H14N4O2/c1-21-15-7-6-13(9-18-15)19-14(20)10-17-12-4-2-11(8-16)3-5-12/h2-7,9,17H,10H2,1H3,(H,19,20). The lowest BCUT2D eigenvalue weighted by Gasteiger charge is -2.08. The van der Waals surface area contributed by atoms with Crippen molar-refractivity contribution >= 4 is 17.3 Å². The average Bonchev–Trinajstić information content (AvgIpc) is 2.54. The molecule has 6 nitrogen and oxygen atoms in total. The smallest absolute Gasteiger partial charge is 0.243 e. The van der Waals surface area contributed by atoms with Gasteiger partial charge in [-0.1, -0.05) is 0 Å². The van der Waals surface area contributed by atoms with Gasteiger partial charge in [0, 0.05) is 11.8 Å². The monoisotopic (exact) mass is 282 g/mol. The Hall–Kier alpha value is -3.07. The summed E-state index contributed by atoms with van der Waals surface area (Å²) in [5.74, 6) is 0.301. The Balaban J connectivity index is 1.84. The van der Waals surface area contributed by atoms with Crippen molar-refractivity contribution in [3.05, 3.63) is 48.2 Å². The highest BCUT2D eigenvalue weighted by Crippen LogP contribution is 2.11. The number of nitriles is 1. The molecule has 0 bridgehead atoms. The number of methoxy groups -OCH3 is 1.